The van der Waals surface area contributed by atoms with Gasteiger partial charge in [-0.3, -0.25) is 0 Å². The second kappa shape index (κ2) is 6.92. The summed E-state index contributed by atoms with van der Waals surface area (Å²) in [7, 11) is 0. The van der Waals surface area contributed by atoms with Gasteiger partial charge in [0.25, 0.3) is 0 Å². The van der Waals surface area contributed by atoms with Gasteiger partial charge in [0.05, 0.1) is 6.61 Å². The topological polar surface area (TPSA) is 32.7 Å². The van der Waals surface area contributed by atoms with Crippen molar-refractivity contribution in [1.82, 2.24) is 4.90 Å². The zero-order chi connectivity index (χ0) is 13.7. The Morgan fingerprint density at radius 3 is 2.95 bits per heavy atom. The number of hydrogen-bond acceptors (Lipinski definition) is 3. The summed E-state index contributed by atoms with van der Waals surface area (Å²) in [6, 6.07) is 6.32. The summed E-state index contributed by atoms with van der Waals surface area (Å²) in [4.78, 5) is 2.42. The van der Waals surface area contributed by atoms with E-state index in [0.29, 0.717) is 12.5 Å². The van der Waals surface area contributed by atoms with E-state index in [-0.39, 0.29) is 0 Å². The van der Waals surface area contributed by atoms with Crippen LogP contribution in [0.4, 0.5) is 0 Å². The lowest BCUT2D eigenvalue weighted by Gasteiger charge is -2.16. The lowest BCUT2D eigenvalue weighted by Crippen LogP contribution is -2.24. The van der Waals surface area contributed by atoms with Crippen molar-refractivity contribution in [2.24, 2.45) is 5.92 Å². The fourth-order valence-corrected chi connectivity index (χ4v) is 2.60. The first-order valence-electron chi connectivity index (χ1n) is 7.22. The average molecular weight is 263 g/mol. The predicted octanol–water partition coefficient (Wildman–Crippen LogP) is 2.39. The van der Waals surface area contributed by atoms with Crippen molar-refractivity contribution in [3.8, 4) is 5.75 Å². The number of likely N-dealkylation sites (tertiary alicyclic amines) is 1. The SMILES string of the molecule is Cc1ccc(C)c(OCCCN2CCC(CO)C2)c1. The van der Waals surface area contributed by atoms with Crippen molar-refractivity contribution in [1.29, 1.82) is 0 Å². The van der Waals surface area contributed by atoms with E-state index in [1.165, 1.54) is 11.1 Å². The van der Waals surface area contributed by atoms with Crippen molar-refractivity contribution >= 4 is 0 Å². The van der Waals surface area contributed by atoms with Crippen molar-refractivity contribution in [3.05, 3.63) is 29.3 Å². The highest BCUT2D eigenvalue weighted by molar-refractivity contribution is 5.35. The summed E-state index contributed by atoms with van der Waals surface area (Å²) in [5.41, 5.74) is 2.44. The molecule has 0 radical (unpaired) electrons. The van der Waals surface area contributed by atoms with E-state index in [4.69, 9.17) is 9.84 Å². The third kappa shape index (κ3) is 4.22. The lowest BCUT2D eigenvalue weighted by molar-refractivity contribution is 0.215. The molecule has 1 aliphatic heterocycles. The molecule has 0 amide bonds. The highest BCUT2D eigenvalue weighted by atomic mass is 16.5. The largest absolute Gasteiger partial charge is 0.493 e. The fraction of sp³-hybridized carbons (Fsp3) is 0.625. The first kappa shape index (κ1) is 14.4. The summed E-state index contributed by atoms with van der Waals surface area (Å²) in [6.07, 6.45) is 2.18. The van der Waals surface area contributed by atoms with Crippen LogP contribution in [-0.2, 0) is 0 Å². The number of benzene rings is 1. The van der Waals surface area contributed by atoms with E-state index in [1.807, 2.05) is 0 Å². The summed E-state index contributed by atoms with van der Waals surface area (Å²) in [6.45, 7) is 8.50. The Balaban J connectivity index is 1.68. The molecule has 3 heteroatoms. The van der Waals surface area contributed by atoms with Crippen LogP contribution in [0.15, 0.2) is 18.2 Å². The molecule has 1 heterocycles. The van der Waals surface area contributed by atoms with Crippen molar-refractivity contribution < 1.29 is 9.84 Å². The molecule has 1 saturated heterocycles. The molecule has 0 saturated carbocycles. The van der Waals surface area contributed by atoms with Crippen molar-refractivity contribution in [2.75, 3.05) is 32.8 Å². The molecule has 106 valence electrons. The molecule has 3 nitrogen and oxygen atoms in total. The molecule has 19 heavy (non-hydrogen) atoms. The third-order valence-electron chi connectivity index (χ3n) is 3.85. The van der Waals surface area contributed by atoms with Crippen molar-refractivity contribution in [2.45, 2.75) is 26.7 Å². The van der Waals surface area contributed by atoms with E-state index in [2.05, 4.69) is 36.9 Å². The predicted molar refractivity (Wildman–Crippen MR) is 77.7 cm³/mol. The van der Waals surface area contributed by atoms with Gasteiger partial charge in [-0.15, -0.1) is 0 Å². The summed E-state index contributed by atoms with van der Waals surface area (Å²) < 4.78 is 5.85. The normalized spacial score (nSPS) is 19.8. The minimum Gasteiger partial charge on any atom is -0.493 e. The van der Waals surface area contributed by atoms with Crippen LogP contribution in [0.2, 0.25) is 0 Å². The molecule has 1 atom stereocenters. The number of aliphatic hydroxyl groups excluding tert-OH is 1. The standard InChI is InChI=1S/C16H25NO2/c1-13-4-5-14(2)16(10-13)19-9-3-7-17-8-6-15(11-17)12-18/h4-5,10,15,18H,3,6-9,11-12H2,1-2H3. The molecule has 1 aromatic rings. The third-order valence-corrected chi connectivity index (χ3v) is 3.85. The van der Waals surface area contributed by atoms with Crippen molar-refractivity contribution in [3.63, 3.8) is 0 Å². The monoisotopic (exact) mass is 263 g/mol. The van der Waals surface area contributed by atoms with Gasteiger partial charge < -0.3 is 14.7 Å². The van der Waals surface area contributed by atoms with Gasteiger partial charge >= 0.3 is 0 Å². The molecule has 0 aromatic heterocycles. The molecule has 1 N–H and O–H groups in total. The van der Waals surface area contributed by atoms with Gasteiger partial charge in [0.1, 0.15) is 5.75 Å². The lowest BCUT2D eigenvalue weighted by atomic mass is 10.1. The molecule has 0 bridgehead atoms. The molecule has 2 rings (SSSR count). The fourth-order valence-electron chi connectivity index (χ4n) is 2.60. The van der Waals surface area contributed by atoms with E-state index in [9.17, 15) is 0 Å². The molecule has 1 fully saturated rings. The Morgan fingerprint density at radius 2 is 2.21 bits per heavy atom. The van der Waals surface area contributed by atoms with Gasteiger partial charge in [-0.05, 0) is 56.3 Å². The zero-order valence-electron chi connectivity index (χ0n) is 12.1. The van der Waals surface area contributed by atoms with Gasteiger partial charge in [-0.1, -0.05) is 12.1 Å². The maximum Gasteiger partial charge on any atom is 0.122 e. The molecule has 0 spiro atoms. The van der Waals surface area contributed by atoms with Crippen LogP contribution in [0.25, 0.3) is 0 Å². The zero-order valence-corrected chi connectivity index (χ0v) is 12.1. The van der Waals surface area contributed by atoms with Crippen LogP contribution in [0.5, 0.6) is 5.75 Å². The quantitative estimate of drug-likeness (QED) is 0.800. The van der Waals surface area contributed by atoms with Gasteiger partial charge in [0.15, 0.2) is 0 Å². The summed E-state index contributed by atoms with van der Waals surface area (Å²) >= 11 is 0. The van der Waals surface area contributed by atoms with Gasteiger partial charge in [0.2, 0.25) is 0 Å². The van der Waals surface area contributed by atoms with Crippen LogP contribution in [-0.4, -0.2) is 42.9 Å². The van der Waals surface area contributed by atoms with Crippen LogP contribution >= 0.6 is 0 Å². The van der Waals surface area contributed by atoms with E-state index in [1.54, 1.807) is 0 Å². The first-order chi connectivity index (χ1) is 9.19. The maximum absolute atomic E-state index is 9.11. The van der Waals surface area contributed by atoms with E-state index in [0.717, 1.165) is 44.8 Å². The maximum atomic E-state index is 9.11. The molecule has 0 aliphatic carbocycles. The number of rotatable bonds is 6. The number of ether oxygens (including phenoxy) is 1. The molecule has 1 unspecified atom stereocenters. The second-order valence-corrected chi connectivity index (χ2v) is 5.61. The Morgan fingerprint density at radius 1 is 1.37 bits per heavy atom. The van der Waals surface area contributed by atoms with E-state index >= 15 is 0 Å². The Bertz CT molecular complexity index is 406. The Kier molecular flexibility index (Phi) is 5.23. The van der Waals surface area contributed by atoms with Gasteiger partial charge in [0, 0.05) is 19.7 Å². The van der Waals surface area contributed by atoms with Crippen LogP contribution in [0, 0.1) is 19.8 Å². The molecular weight excluding hydrogens is 238 g/mol. The van der Waals surface area contributed by atoms with Crippen LogP contribution in [0.3, 0.4) is 0 Å². The smallest absolute Gasteiger partial charge is 0.122 e. The highest BCUT2D eigenvalue weighted by Gasteiger charge is 2.20. The Labute approximate surface area is 116 Å². The van der Waals surface area contributed by atoms with Crippen LogP contribution < -0.4 is 4.74 Å². The molecular formula is C16H25NO2. The minimum atomic E-state index is 0.329. The number of nitrogens with zero attached hydrogens (tertiary/aromatic N) is 1. The van der Waals surface area contributed by atoms with Crippen LogP contribution in [0.1, 0.15) is 24.0 Å². The highest BCUT2D eigenvalue weighted by Crippen LogP contribution is 2.19. The summed E-state index contributed by atoms with van der Waals surface area (Å²) in [5, 5.41) is 9.11. The van der Waals surface area contributed by atoms with Gasteiger partial charge in [-0.2, -0.15) is 0 Å². The van der Waals surface area contributed by atoms with Gasteiger partial charge in [-0.25, -0.2) is 0 Å². The number of aryl methyl sites for hydroxylation is 2. The average Bonchev–Trinajstić information content (AvgIpc) is 2.86. The Hall–Kier alpha value is -1.06. The first-order valence-corrected chi connectivity index (χ1v) is 7.22. The number of hydrogen-bond donors (Lipinski definition) is 1. The summed E-state index contributed by atoms with van der Waals surface area (Å²) in [5.74, 6) is 1.49. The minimum absolute atomic E-state index is 0.329. The molecule has 1 aromatic carbocycles. The number of aliphatic hydroxyl groups is 1. The van der Waals surface area contributed by atoms with E-state index < -0.39 is 0 Å². The second-order valence-electron chi connectivity index (χ2n) is 5.61. The molecule has 1 aliphatic rings.